The molecule has 164 valence electrons. The van der Waals surface area contributed by atoms with Crippen LogP contribution in [0.5, 0.6) is 0 Å². The molecule has 2 saturated heterocycles. The Bertz CT molecular complexity index is 1080. The van der Waals surface area contributed by atoms with E-state index in [9.17, 15) is 18.0 Å². The molecule has 4 rings (SSSR count). The van der Waals surface area contributed by atoms with Gasteiger partial charge in [-0.1, -0.05) is 6.07 Å². The highest BCUT2D eigenvalue weighted by Gasteiger charge is 2.35. The summed E-state index contributed by atoms with van der Waals surface area (Å²) >= 11 is 0. The molecule has 1 atom stereocenters. The molecule has 0 bridgehead atoms. The minimum absolute atomic E-state index is 0.0888. The summed E-state index contributed by atoms with van der Waals surface area (Å²) in [6, 6.07) is 11.5. The molecule has 31 heavy (non-hydrogen) atoms. The third-order valence-corrected chi connectivity index (χ3v) is 7.30. The highest BCUT2D eigenvalue weighted by Crippen LogP contribution is 2.28. The lowest BCUT2D eigenvalue weighted by Crippen LogP contribution is -2.40. The van der Waals surface area contributed by atoms with Crippen molar-refractivity contribution in [3.63, 3.8) is 0 Å². The lowest BCUT2D eigenvalue weighted by atomic mass is 10.1. The summed E-state index contributed by atoms with van der Waals surface area (Å²) in [4.78, 5) is 31.0. The predicted molar refractivity (Wildman–Crippen MR) is 114 cm³/mol. The number of benzene rings is 1. The first-order chi connectivity index (χ1) is 14.8. The fraction of sp³-hybridized carbons (Fsp3) is 0.381. The maximum atomic E-state index is 12.8. The summed E-state index contributed by atoms with van der Waals surface area (Å²) in [6.45, 7) is 3.45. The number of morpholine rings is 1. The molecule has 0 saturated carbocycles. The van der Waals surface area contributed by atoms with Crippen molar-refractivity contribution in [2.45, 2.75) is 18.2 Å². The molecule has 2 fully saturated rings. The molecule has 1 unspecified atom stereocenters. The van der Waals surface area contributed by atoms with Gasteiger partial charge in [-0.15, -0.1) is 0 Å². The lowest BCUT2D eigenvalue weighted by Gasteiger charge is -2.26. The van der Waals surface area contributed by atoms with Crippen LogP contribution in [0.1, 0.15) is 12.1 Å². The van der Waals surface area contributed by atoms with Crippen LogP contribution in [0.25, 0.3) is 0 Å². The molecule has 1 aromatic carbocycles. The van der Waals surface area contributed by atoms with E-state index in [2.05, 4.69) is 10.3 Å². The van der Waals surface area contributed by atoms with Crippen molar-refractivity contribution in [3.05, 3.63) is 48.2 Å². The van der Waals surface area contributed by atoms with Gasteiger partial charge in [0.15, 0.2) is 0 Å². The minimum atomic E-state index is -3.60. The Hall–Kier alpha value is -2.82. The third kappa shape index (κ3) is 4.60. The fourth-order valence-corrected chi connectivity index (χ4v) is 5.12. The Morgan fingerprint density at radius 1 is 1.13 bits per heavy atom. The average Bonchev–Trinajstić information content (AvgIpc) is 3.16. The van der Waals surface area contributed by atoms with E-state index in [1.807, 2.05) is 13.0 Å². The van der Waals surface area contributed by atoms with Gasteiger partial charge in [0.2, 0.25) is 21.8 Å². The number of carbonyl (C=O) groups is 2. The molecule has 0 radical (unpaired) electrons. The number of anilines is 2. The van der Waals surface area contributed by atoms with Crippen molar-refractivity contribution in [3.8, 4) is 0 Å². The van der Waals surface area contributed by atoms with Crippen molar-refractivity contribution in [1.82, 2.24) is 9.29 Å². The zero-order valence-corrected chi connectivity index (χ0v) is 18.0. The molecule has 2 aliphatic rings. The standard InChI is InChI=1S/C21H24N4O5S/c1-15-3-2-4-19(22-15)23-21(27)16-13-20(26)25(14-16)17-5-7-18(8-6-17)31(28,29)24-9-11-30-12-10-24/h2-8,16H,9-14H2,1H3,(H,22,23,27). The zero-order valence-electron chi connectivity index (χ0n) is 17.2. The molecular formula is C21H24N4O5S. The van der Waals surface area contributed by atoms with E-state index in [4.69, 9.17) is 4.74 Å². The molecule has 9 nitrogen and oxygen atoms in total. The van der Waals surface area contributed by atoms with Gasteiger partial charge < -0.3 is 15.0 Å². The predicted octanol–water partition coefficient (Wildman–Crippen LogP) is 1.40. The van der Waals surface area contributed by atoms with Crippen LogP contribution in [-0.2, 0) is 24.3 Å². The van der Waals surface area contributed by atoms with Gasteiger partial charge in [-0.05, 0) is 43.3 Å². The first-order valence-corrected chi connectivity index (χ1v) is 11.5. The normalized spacial score (nSPS) is 20.1. The van der Waals surface area contributed by atoms with Crippen molar-refractivity contribution < 1.29 is 22.7 Å². The number of sulfonamides is 1. The largest absolute Gasteiger partial charge is 0.379 e. The van der Waals surface area contributed by atoms with Gasteiger partial charge in [0.25, 0.3) is 0 Å². The fourth-order valence-electron chi connectivity index (χ4n) is 3.71. The Kier molecular flexibility index (Phi) is 6.03. The van der Waals surface area contributed by atoms with Crippen molar-refractivity contribution in [1.29, 1.82) is 0 Å². The van der Waals surface area contributed by atoms with E-state index >= 15 is 0 Å². The zero-order chi connectivity index (χ0) is 22.0. The molecule has 0 spiro atoms. The second-order valence-corrected chi connectivity index (χ2v) is 9.51. The van der Waals surface area contributed by atoms with E-state index in [0.717, 1.165) is 5.69 Å². The monoisotopic (exact) mass is 444 g/mol. The molecule has 1 N–H and O–H groups in total. The molecule has 10 heteroatoms. The van der Waals surface area contributed by atoms with Crippen LogP contribution in [0.15, 0.2) is 47.4 Å². The molecule has 1 aromatic heterocycles. The van der Waals surface area contributed by atoms with Gasteiger partial charge in [0.1, 0.15) is 5.82 Å². The van der Waals surface area contributed by atoms with Crippen molar-refractivity contribution in [2.24, 2.45) is 5.92 Å². The minimum Gasteiger partial charge on any atom is -0.379 e. The first-order valence-electron chi connectivity index (χ1n) is 10.1. The van der Waals surface area contributed by atoms with Gasteiger partial charge in [0.05, 0.1) is 24.0 Å². The van der Waals surface area contributed by atoms with Gasteiger partial charge in [-0.2, -0.15) is 4.31 Å². The summed E-state index contributed by atoms with van der Waals surface area (Å²) in [5.41, 5.74) is 1.35. The van der Waals surface area contributed by atoms with E-state index < -0.39 is 15.9 Å². The molecule has 2 aromatic rings. The number of hydrogen-bond acceptors (Lipinski definition) is 6. The summed E-state index contributed by atoms with van der Waals surface area (Å²) < 4.78 is 32.1. The van der Waals surface area contributed by atoms with Gasteiger partial charge in [-0.25, -0.2) is 13.4 Å². The number of amides is 2. The smallest absolute Gasteiger partial charge is 0.243 e. The van der Waals surface area contributed by atoms with E-state index in [0.29, 0.717) is 37.8 Å². The van der Waals surface area contributed by atoms with Crippen LogP contribution in [0.4, 0.5) is 11.5 Å². The van der Waals surface area contributed by atoms with Crippen LogP contribution < -0.4 is 10.2 Å². The van der Waals surface area contributed by atoms with Gasteiger partial charge in [-0.3, -0.25) is 9.59 Å². The van der Waals surface area contributed by atoms with Crippen LogP contribution in [0.3, 0.4) is 0 Å². The Balaban J connectivity index is 1.44. The number of pyridine rings is 1. The Morgan fingerprint density at radius 3 is 2.52 bits per heavy atom. The van der Waals surface area contributed by atoms with Crippen molar-refractivity contribution in [2.75, 3.05) is 43.1 Å². The molecule has 3 heterocycles. The van der Waals surface area contributed by atoms with Crippen molar-refractivity contribution >= 4 is 33.3 Å². The summed E-state index contributed by atoms with van der Waals surface area (Å²) in [5, 5.41) is 2.76. The first kappa shape index (κ1) is 21.4. The van der Waals surface area contributed by atoms with E-state index in [1.165, 1.54) is 21.3 Å². The molecule has 2 amide bonds. The number of aromatic nitrogens is 1. The number of hydrogen-bond donors (Lipinski definition) is 1. The maximum absolute atomic E-state index is 12.8. The average molecular weight is 445 g/mol. The summed E-state index contributed by atoms with van der Waals surface area (Å²) in [7, 11) is -3.60. The van der Waals surface area contributed by atoms with E-state index in [-0.39, 0.29) is 29.7 Å². The molecule has 0 aliphatic carbocycles. The van der Waals surface area contributed by atoms with Crippen LogP contribution in [-0.4, -0.2) is 62.4 Å². The van der Waals surface area contributed by atoms with Gasteiger partial charge in [0, 0.05) is 37.4 Å². The highest BCUT2D eigenvalue weighted by atomic mass is 32.2. The van der Waals surface area contributed by atoms with Gasteiger partial charge >= 0.3 is 0 Å². The number of nitrogens with zero attached hydrogens (tertiary/aromatic N) is 3. The second kappa shape index (κ2) is 8.74. The number of ether oxygens (including phenoxy) is 1. The Morgan fingerprint density at radius 2 is 1.84 bits per heavy atom. The van der Waals surface area contributed by atoms with Crippen LogP contribution in [0, 0.1) is 12.8 Å². The summed E-state index contributed by atoms with van der Waals surface area (Å²) in [5.74, 6) is -0.498. The van der Waals surface area contributed by atoms with Crippen LogP contribution in [0.2, 0.25) is 0 Å². The molecular weight excluding hydrogens is 420 g/mol. The number of nitrogens with one attached hydrogen (secondary N) is 1. The van der Waals surface area contributed by atoms with Crippen LogP contribution >= 0.6 is 0 Å². The maximum Gasteiger partial charge on any atom is 0.243 e. The number of carbonyl (C=O) groups excluding carboxylic acids is 2. The number of aryl methyl sites for hydroxylation is 1. The third-order valence-electron chi connectivity index (χ3n) is 5.39. The van der Waals surface area contributed by atoms with E-state index in [1.54, 1.807) is 24.3 Å². The quantitative estimate of drug-likeness (QED) is 0.747. The number of rotatable bonds is 5. The highest BCUT2D eigenvalue weighted by molar-refractivity contribution is 7.89. The summed E-state index contributed by atoms with van der Waals surface area (Å²) in [6.07, 6.45) is 0.0888. The lowest BCUT2D eigenvalue weighted by molar-refractivity contribution is -0.122. The molecule has 2 aliphatic heterocycles. The second-order valence-electron chi connectivity index (χ2n) is 7.57. The topological polar surface area (TPSA) is 109 Å². The SMILES string of the molecule is Cc1cccc(NC(=O)C2CC(=O)N(c3ccc(S(=O)(=O)N4CCOCC4)cc3)C2)n1. The Labute approximate surface area is 181 Å².